The Hall–Kier alpha value is -2.11. The zero-order valence-electron chi connectivity index (χ0n) is 10.5. The number of rotatable bonds is 3. The number of carbonyl (C=O) groups is 1. The third-order valence-electron chi connectivity index (χ3n) is 2.56. The van der Waals surface area contributed by atoms with Crippen molar-refractivity contribution in [1.82, 2.24) is 0 Å². The topological polar surface area (TPSA) is 55.5 Å². The molecule has 0 amide bonds. The number of aryl methyl sites for hydroxylation is 2. The summed E-state index contributed by atoms with van der Waals surface area (Å²) in [6, 6.07) is 4.69. The van der Waals surface area contributed by atoms with Crippen LogP contribution in [0.4, 0.5) is 13.2 Å². The van der Waals surface area contributed by atoms with E-state index in [4.69, 9.17) is 5.73 Å². The van der Waals surface area contributed by atoms with Gasteiger partial charge >= 0.3 is 6.18 Å². The molecule has 2 N–H and O–H groups in total. The van der Waals surface area contributed by atoms with Crippen LogP contribution in [0.3, 0.4) is 0 Å². The Balaban J connectivity index is 3.14. The van der Waals surface area contributed by atoms with Gasteiger partial charge in [0.2, 0.25) is 0 Å². The van der Waals surface area contributed by atoms with Crippen LogP contribution in [-0.2, 0) is 0 Å². The number of benzene rings is 1. The number of hydrogen-bond donors (Lipinski definition) is 1. The van der Waals surface area contributed by atoms with E-state index in [1.165, 1.54) is 12.1 Å². The molecular weight excluding hydrogens is 257 g/mol. The van der Waals surface area contributed by atoms with Gasteiger partial charge in [-0.15, -0.1) is 0 Å². The Morgan fingerprint density at radius 2 is 1.89 bits per heavy atom. The molecule has 6 heteroatoms. The summed E-state index contributed by atoms with van der Waals surface area (Å²) in [5.41, 5.74) is 5.48. The first-order chi connectivity index (χ1) is 8.75. The molecule has 0 unspecified atom stereocenters. The summed E-state index contributed by atoms with van der Waals surface area (Å²) in [5.74, 6) is -0.763. The summed E-state index contributed by atoms with van der Waals surface area (Å²) < 4.78 is 37.6. The minimum absolute atomic E-state index is 0.178. The lowest BCUT2D eigenvalue weighted by Crippen LogP contribution is -2.13. The van der Waals surface area contributed by atoms with Crippen LogP contribution in [-0.4, -0.2) is 18.3 Å². The molecule has 0 aliphatic carbocycles. The molecule has 1 rings (SSSR count). The van der Waals surface area contributed by atoms with Crippen LogP contribution in [0.1, 0.15) is 21.5 Å². The third-order valence-corrected chi connectivity index (χ3v) is 2.56. The molecule has 0 aliphatic heterocycles. The molecule has 0 fully saturated rings. The second-order valence-electron chi connectivity index (χ2n) is 3.97. The molecule has 0 aromatic heterocycles. The second-order valence-corrected chi connectivity index (χ2v) is 3.97. The summed E-state index contributed by atoms with van der Waals surface area (Å²) in [6.07, 6.45) is -3.77. The average molecular weight is 270 g/mol. The molecule has 102 valence electrons. The lowest BCUT2D eigenvalue weighted by Gasteiger charge is -2.07. The molecule has 0 atom stereocenters. The van der Waals surface area contributed by atoms with Crippen LogP contribution in [0.25, 0.3) is 0 Å². The van der Waals surface area contributed by atoms with Gasteiger partial charge in [0.1, 0.15) is 5.70 Å². The number of nitrogens with two attached hydrogens (primary N) is 1. The van der Waals surface area contributed by atoms with Crippen molar-refractivity contribution < 1.29 is 18.0 Å². The Labute approximate surface area is 108 Å². The predicted octanol–water partition coefficient (Wildman–Crippen LogP) is 2.92. The molecule has 0 saturated carbocycles. The van der Waals surface area contributed by atoms with Crippen LogP contribution >= 0.6 is 0 Å². The molecule has 0 aliphatic rings. The van der Waals surface area contributed by atoms with Gasteiger partial charge in [-0.1, -0.05) is 12.1 Å². The van der Waals surface area contributed by atoms with E-state index in [0.29, 0.717) is 12.4 Å². The van der Waals surface area contributed by atoms with Gasteiger partial charge in [-0.05, 0) is 31.0 Å². The maximum atomic E-state index is 12.5. The largest absolute Gasteiger partial charge is 0.433 e. The first kappa shape index (κ1) is 14.9. The van der Waals surface area contributed by atoms with Crippen molar-refractivity contribution in [3.63, 3.8) is 0 Å². The molecule has 3 nitrogen and oxygen atoms in total. The van der Waals surface area contributed by atoms with Crippen molar-refractivity contribution in [3.8, 4) is 0 Å². The maximum Gasteiger partial charge on any atom is 0.433 e. The standard InChI is InChI=1S/C13H13F3N2O/c1-8-3-4-10(5-9(8)2)11(19)6-12(18-7-17)13(14,15)16/h3-7H,1-2H3,(H2,17,18)/b12-6-. The molecule has 0 radical (unpaired) electrons. The van der Waals surface area contributed by atoms with E-state index in [1.807, 2.05) is 6.92 Å². The maximum absolute atomic E-state index is 12.5. The molecule has 0 heterocycles. The van der Waals surface area contributed by atoms with Crippen molar-refractivity contribution in [2.24, 2.45) is 10.7 Å². The van der Waals surface area contributed by atoms with E-state index in [0.717, 1.165) is 11.1 Å². The van der Waals surface area contributed by atoms with Gasteiger partial charge < -0.3 is 5.73 Å². The Bertz CT molecular complexity index is 545. The minimum Gasteiger partial charge on any atom is -0.390 e. The van der Waals surface area contributed by atoms with Crippen molar-refractivity contribution >= 4 is 12.1 Å². The highest BCUT2D eigenvalue weighted by molar-refractivity contribution is 6.05. The fraction of sp³-hybridized carbons (Fsp3) is 0.231. The SMILES string of the molecule is Cc1ccc(C(=O)/C=C(\N=CN)C(F)(F)F)cc1C. The Kier molecular flexibility index (Phi) is 4.47. The van der Waals surface area contributed by atoms with Crippen LogP contribution in [0.15, 0.2) is 35.0 Å². The summed E-state index contributed by atoms with van der Waals surface area (Å²) in [6.45, 7) is 3.62. The highest BCUT2D eigenvalue weighted by atomic mass is 19.4. The number of aliphatic imine (C=N–C) groups is 1. The summed E-state index contributed by atoms with van der Waals surface area (Å²) in [4.78, 5) is 14.7. The summed E-state index contributed by atoms with van der Waals surface area (Å²) in [5, 5.41) is 0. The Morgan fingerprint density at radius 1 is 1.26 bits per heavy atom. The van der Waals surface area contributed by atoms with Gasteiger partial charge in [0.05, 0.1) is 6.34 Å². The zero-order chi connectivity index (χ0) is 14.6. The molecule has 1 aromatic rings. The van der Waals surface area contributed by atoms with Gasteiger partial charge in [-0.3, -0.25) is 4.79 Å². The van der Waals surface area contributed by atoms with Crippen LogP contribution in [0.5, 0.6) is 0 Å². The summed E-state index contributed by atoms with van der Waals surface area (Å²) >= 11 is 0. The fourth-order valence-electron chi connectivity index (χ4n) is 1.37. The van der Waals surface area contributed by atoms with E-state index >= 15 is 0 Å². The normalized spacial score (nSPS) is 13.0. The fourth-order valence-corrected chi connectivity index (χ4v) is 1.37. The molecule has 0 saturated heterocycles. The zero-order valence-corrected chi connectivity index (χ0v) is 10.5. The quantitative estimate of drug-likeness (QED) is 0.397. The minimum atomic E-state index is -4.72. The van der Waals surface area contributed by atoms with Gasteiger partial charge in [0.25, 0.3) is 0 Å². The van der Waals surface area contributed by atoms with E-state index in [2.05, 4.69) is 4.99 Å². The highest BCUT2D eigenvalue weighted by Gasteiger charge is 2.34. The number of hydrogen-bond acceptors (Lipinski definition) is 2. The van der Waals surface area contributed by atoms with Crippen molar-refractivity contribution in [2.75, 3.05) is 0 Å². The molecular formula is C13H13F3N2O. The van der Waals surface area contributed by atoms with Crippen LogP contribution in [0.2, 0.25) is 0 Å². The van der Waals surface area contributed by atoms with Crippen molar-refractivity contribution in [3.05, 3.63) is 46.7 Å². The molecule has 19 heavy (non-hydrogen) atoms. The number of allylic oxidation sites excluding steroid dienone is 2. The van der Waals surface area contributed by atoms with E-state index in [9.17, 15) is 18.0 Å². The number of nitrogens with zero attached hydrogens (tertiary/aromatic N) is 1. The van der Waals surface area contributed by atoms with Gasteiger partial charge in [0.15, 0.2) is 5.78 Å². The summed E-state index contributed by atoms with van der Waals surface area (Å²) in [7, 11) is 0. The third kappa shape index (κ3) is 3.94. The number of carbonyl (C=O) groups excluding carboxylic acids is 1. The van der Waals surface area contributed by atoms with Gasteiger partial charge in [-0.2, -0.15) is 13.2 Å². The van der Waals surface area contributed by atoms with E-state index < -0.39 is 17.7 Å². The first-order valence-electron chi connectivity index (χ1n) is 5.40. The lowest BCUT2D eigenvalue weighted by atomic mass is 10.0. The molecule has 0 bridgehead atoms. The Morgan fingerprint density at radius 3 is 2.37 bits per heavy atom. The van der Waals surface area contributed by atoms with Gasteiger partial charge in [-0.25, -0.2) is 4.99 Å². The number of alkyl halides is 3. The van der Waals surface area contributed by atoms with Crippen molar-refractivity contribution in [2.45, 2.75) is 20.0 Å². The highest BCUT2D eigenvalue weighted by Crippen LogP contribution is 2.26. The second kappa shape index (κ2) is 5.69. The smallest absolute Gasteiger partial charge is 0.390 e. The monoisotopic (exact) mass is 270 g/mol. The van der Waals surface area contributed by atoms with E-state index in [1.54, 1.807) is 13.0 Å². The van der Waals surface area contributed by atoms with E-state index in [-0.39, 0.29) is 5.56 Å². The predicted molar refractivity (Wildman–Crippen MR) is 67.1 cm³/mol. The lowest BCUT2D eigenvalue weighted by molar-refractivity contribution is -0.0923. The van der Waals surface area contributed by atoms with Crippen molar-refractivity contribution in [1.29, 1.82) is 0 Å². The van der Waals surface area contributed by atoms with Crippen LogP contribution in [0, 0.1) is 13.8 Å². The van der Waals surface area contributed by atoms with Gasteiger partial charge in [0, 0.05) is 11.6 Å². The van der Waals surface area contributed by atoms with Crippen LogP contribution < -0.4 is 5.73 Å². The first-order valence-corrected chi connectivity index (χ1v) is 5.40. The number of ketones is 1. The number of halogens is 3. The molecule has 1 aromatic carbocycles. The average Bonchev–Trinajstić information content (AvgIpc) is 2.30. The molecule has 0 spiro atoms.